The van der Waals surface area contributed by atoms with E-state index in [0.717, 1.165) is 22.3 Å². The van der Waals surface area contributed by atoms with Gasteiger partial charge in [-0.2, -0.15) is 0 Å². The summed E-state index contributed by atoms with van der Waals surface area (Å²) in [6, 6.07) is 5.10. The minimum absolute atomic E-state index is 0.124. The van der Waals surface area contributed by atoms with Crippen LogP contribution in [0.25, 0.3) is 0 Å². The molecule has 0 aliphatic heterocycles. The van der Waals surface area contributed by atoms with E-state index in [2.05, 4.69) is 27.3 Å². The third kappa shape index (κ3) is 2.69. The van der Waals surface area contributed by atoms with Crippen LogP contribution in [0.3, 0.4) is 0 Å². The minimum Gasteiger partial charge on any atom is -0.496 e. The van der Waals surface area contributed by atoms with Gasteiger partial charge < -0.3 is 4.74 Å². The molecule has 3 atom stereocenters. The predicted molar refractivity (Wildman–Crippen MR) is 85.3 cm³/mol. The number of hydrogen-bond donors (Lipinski definition) is 1. The zero-order valence-electron chi connectivity index (χ0n) is 11.3. The number of sulfonamides is 1. The number of benzene rings is 1. The van der Waals surface area contributed by atoms with E-state index in [9.17, 15) is 8.42 Å². The molecule has 0 heterocycles. The second-order valence-corrected chi connectivity index (χ2v) is 8.58. The lowest BCUT2D eigenvalue weighted by atomic mass is 9.96. The average Bonchev–Trinajstić information content (AvgIpc) is 3.00. The Balaban J connectivity index is 1.79. The molecule has 20 heavy (non-hydrogen) atoms. The summed E-state index contributed by atoms with van der Waals surface area (Å²) in [5.74, 6) is 1.96. The first-order valence-corrected chi connectivity index (χ1v) is 9.41. The smallest absolute Gasteiger partial charge is 0.240 e. The Bertz CT molecular complexity index is 617. The second-order valence-electron chi connectivity index (χ2n) is 5.70. The van der Waals surface area contributed by atoms with Gasteiger partial charge in [0.1, 0.15) is 5.75 Å². The lowest BCUT2D eigenvalue weighted by Gasteiger charge is -2.22. The summed E-state index contributed by atoms with van der Waals surface area (Å²) in [5, 5.41) is 0. The minimum atomic E-state index is -3.42. The maximum Gasteiger partial charge on any atom is 0.240 e. The van der Waals surface area contributed by atoms with Crippen molar-refractivity contribution in [1.82, 2.24) is 4.72 Å². The number of methoxy groups -OCH3 is 1. The van der Waals surface area contributed by atoms with Gasteiger partial charge in [-0.1, -0.05) is 6.42 Å². The van der Waals surface area contributed by atoms with Gasteiger partial charge >= 0.3 is 0 Å². The standard InChI is InChI=1S/C14H18INO3S/c1-19-14-5-4-11(8-12(14)15)20(17,18)16-13-7-9-2-3-10(13)6-9/h4-5,8-10,13,16H,2-3,6-7H2,1H3/t9-,10+,13-/m0/s1. The first kappa shape index (κ1) is 14.6. The fourth-order valence-corrected chi connectivity index (χ4v) is 5.76. The van der Waals surface area contributed by atoms with Gasteiger partial charge in [0.15, 0.2) is 0 Å². The Morgan fingerprint density at radius 2 is 2.10 bits per heavy atom. The number of fused-ring (bicyclic) bond motifs is 2. The molecule has 110 valence electrons. The van der Waals surface area contributed by atoms with Gasteiger partial charge in [0.2, 0.25) is 10.0 Å². The number of rotatable bonds is 4. The van der Waals surface area contributed by atoms with Crippen LogP contribution in [0.15, 0.2) is 23.1 Å². The van der Waals surface area contributed by atoms with E-state index < -0.39 is 10.0 Å². The monoisotopic (exact) mass is 407 g/mol. The molecule has 0 aromatic heterocycles. The number of ether oxygens (including phenoxy) is 1. The number of nitrogens with one attached hydrogen (secondary N) is 1. The van der Waals surface area contributed by atoms with Gasteiger partial charge in [-0.05, 0) is 71.9 Å². The van der Waals surface area contributed by atoms with Gasteiger partial charge in [0.25, 0.3) is 0 Å². The summed E-state index contributed by atoms with van der Waals surface area (Å²) in [7, 11) is -1.84. The molecule has 2 bridgehead atoms. The molecule has 2 fully saturated rings. The van der Waals surface area contributed by atoms with Gasteiger partial charge in [-0.3, -0.25) is 0 Å². The average molecular weight is 407 g/mol. The zero-order valence-corrected chi connectivity index (χ0v) is 14.3. The summed E-state index contributed by atoms with van der Waals surface area (Å²) in [5.41, 5.74) is 0. The number of hydrogen-bond acceptors (Lipinski definition) is 3. The normalized spacial score (nSPS) is 28.8. The van der Waals surface area contributed by atoms with Crippen molar-refractivity contribution < 1.29 is 13.2 Å². The molecule has 0 radical (unpaired) electrons. The third-order valence-corrected chi connectivity index (χ3v) is 6.81. The van der Waals surface area contributed by atoms with Crippen LogP contribution in [0.4, 0.5) is 0 Å². The van der Waals surface area contributed by atoms with Crippen molar-refractivity contribution in [2.75, 3.05) is 7.11 Å². The van der Waals surface area contributed by atoms with Crippen molar-refractivity contribution in [1.29, 1.82) is 0 Å². The van der Waals surface area contributed by atoms with Crippen LogP contribution in [0.2, 0.25) is 0 Å². The first-order chi connectivity index (χ1) is 9.49. The van der Waals surface area contributed by atoms with E-state index in [1.807, 2.05) is 0 Å². The quantitative estimate of drug-likeness (QED) is 0.782. The molecule has 1 aromatic carbocycles. The molecule has 0 spiro atoms. The zero-order chi connectivity index (χ0) is 14.3. The molecular weight excluding hydrogens is 389 g/mol. The Labute approximate surface area is 133 Å². The van der Waals surface area contributed by atoms with Crippen molar-refractivity contribution in [2.45, 2.75) is 36.6 Å². The molecule has 3 rings (SSSR count). The van der Waals surface area contributed by atoms with E-state index in [-0.39, 0.29) is 6.04 Å². The summed E-state index contributed by atoms with van der Waals surface area (Å²) < 4.78 is 33.8. The van der Waals surface area contributed by atoms with Crippen molar-refractivity contribution in [3.05, 3.63) is 21.8 Å². The fourth-order valence-electron chi connectivity index (χ4n) is 3.47. The largest absolute Gasteiger partial charge is 0.496 e. The SMILES string of the molecule is COc1ccc(S(=O)(=O)N[C@H]2C[C@H]3CC[C@@H]2C3)cc1I. The maximum absolute atomic E-state index is 12.5. The lowest BCUT2D eigenvalue weighted by molar-refractivity contribution is 0.390. The Kier molecular flexibility index (Phi) is 3.98. The van der Waals surface area contributed by atoms with E-state index in [4.69, 9.17) is 4.74 Å². The number of halogens is 1. The summed E-state index contributed by atoms with van der Waals surface area (Å²) in [6.07, 6.45) is 4.62. The van der Waals surface area contributed by atoms with Gasteiger partial charge in [0.05, 0.1) is 15.6 Å². The Morgan fingerprint density at radius 3 is 2.65 bits per heavy atom. The Hall–Kier alpha value is -0.340. The molecule has 2 aliphatic rings. The lowest BCUT2D eigenvalue weighted by Crippen LogP contribution is -2.38. The van der Waals surface area contributed by atoms with Gasteiger partial charge in [0, 0.05) is 6.04 Å². The molecule has 1 aromatic rings. The maximum atomic E-state index is 12.5. The summed E-state index contributed by atoms with van der Waals surface area (Å²) in [6.45, 7) is 0. The fraction of sp³-hybridized carbons (Fsp3) is 0.571. The van der Waals surface area contributed by atoms with E-state index >= 15 is 0 Å². The first-order valence-electron chi connectivity index (χ1n) is 6.85. The second kappa shape index (κ2) is 5.46. The highest BCUT2D eigenvalue weighted by molar-refractivity contribution is 14.1. The van der Waals surface area contributed by atoms with E-state index in [1.54, 1.807) is 25.3 Å². The molecule has 4 nitrogen and oxygen atoms in total. The van der Waals surface area contributed by atoms with Crippen molar-refractivity contribution in [3.8, 4) is 5.75 Å². The predicted octanol–water partition coefficient (Wildman–Crippen LogP) is 2.77. The molecular formula is C14H18INO3S. The molecule has 1 N–H and O–H groups in total. The molecule has 0 saturated heterocycles. The molecule has 2 saturated carbocycles. The van der Waals surface area contributed by atoms with Crippen LogP contribution >= 0.6 is 22.6 Å². The molecule has 0 unspecified atom stereocenters. The van der Waals surface area contributed by atoms with Crippen molar-refractivity contribution in [2.24, 2.45) is 11.8 Å². The van der Waals surface area contributed by atoms with E-state index in [0.29, 0.717) is 16.6 Å². The topological polar surface area (TPSA) is 55.4 Å². The van der Waals surface area contributed by atoms with Crippen LogP contribution in [-0.2, 0) is 10.0 Å². The molecule has 0 amide bonds. The van der Waals surface area contributed by atoms with Crippen LogP contribution in [0.1, 0.15) is 25.7 Å². The summed E-state index contributed by atoms with van der Waals surface area (Å²) in [4.78, 5) is 0.325. The van der Waals surface area contributed by atoms with E-state index in [1.165, 1.54) is 12.8 Å². The molecule has 2 aliphatic carbocycles. The van der Waals surface area contributed by atoms with Crippen LogP contribution in [0, 0.1) is 15.4 Å². The highest BCUT2D eigenvalue weighted by Crippen LogP contribution is 2.44. The van der Waals surface area contributed by atoms with Crippen molar-refractivity contribution >= 4 is 32.6 Å². The highest BCUT2D eigenvalue weighted by atomic mass is 127. The van der Waals surface area contributed by atoms with Crippen LogP contribution in [-0.4, -0.2) is 21.6 Å². The van der Waals surface area contributed by atoms with Gasteiger partial charge in [-0.25, -0.2) is 13.1 Å². The molecule has 6 heteroatoms. The Morgan fingerprint density at radius 1 is 1.30 bits per heavy atom. The highest BCUT2D eigenvalue weighted by Gasteiger charge is 2.41. The summed E-state index contributed by atoms with van der Waals surface area (Å²) >= 11 is 2.09. The van der Waals surface area contributed by atoms with Crippen molar-refractivity contribution in [3.63, 3.8) is 0 Å². The third-order valence-electron chi connectivity index (χ3n) is 4.48. The van der Waals surface area contributed by atoms with Crippen LogP contribution in [0.5, 0.6) is 5.75 Å². The van der Waals surface area contributed by atoms with Gasteiger partial charge in [-0.15, -0.1) is 0 Å². The van der Waals surface area contributed by atoms with Crippen LogP contribution < -0.4 is 9.46 Å².